The highest BCUT2D eigenvalue weighted by Gasteiger charge is 2.31. The van der Waals surface area contributed by atoms with Gasteiger partial charge in [0.25, 0.3) is 5.91 Å². The molecule has 1 atom stereocenters. The molecule has 1 aromatic carbocycles. The highest BCUT2D eigenvalue weighted by atomic mass is 16.2. The summed E-state index contributed by atoms with van der Waals surface area (Å²) < 4.78 is 0. The van der Waals surface area contributed by atoms with Crippen molar-refractivity contribution in [3.8, 4) is 0 Å². The molecule has 1 aliphatic rings. The molecule has 1 aliphatic heterocycles. The molecule has 1 aromatic rings. The lowest BCUT2D eigenvalue weighted by molar-refractivity contribution is 0.0563. The first-order valence-corrected chi connectivity index (χ1v) is 8.30. The van der Waals surface area contributed by atoms with Crippen molar-refractivity contribution in [2.75, 3.05) is 27.2 Å². The van der Waals surface area contributed by atoms with Crippen LogP contribution in [0.2, 0.25) is 0 Å². The lowest BCUT2D eigenvalue weighted by Crippen LogP contribution is -2.43. The zero-order valence-electron chi connectivity index (χ0n) is 14.7. The number of rotatable bonds is 3. The van der Waals surface area contributed by atoms with Crippen molar-refractivity contribution in [3.05, 3.63) is 35.4 Å². The average molecular weight is 302 g/mol. The predicted octanol–water partition coefficient (Wildman–Crippen LogP) is 3.65. The van der Waals surface area contributed by atoms with Gasteiger partial charge in [-0.1, -0.05) is 32.9 Å². The minimum atomic E-state index is 0.189. The number of benzene rings is 1. The SMILES string of the molecule is CN(C)Cc1cccc(C(=O)N2CCC[C@@H](C(C)(C)C)C2)c1. The van der Waals surface area contributed by atoms with Crippen LogP contribution >= 0.6 is 0 Å². The Bertz CT molecular complexity index is 516. The van der Waals surface area contributed by atoms with Gasteiger partial charge in [0.15, 0.2) is 0 Å². The molecule has 0 saturated carbocycles. The fourth-order valence-electron chi connectivity index (χ4n) is 3.22. The molecule has 0 aliphatic carbocycles. The van der Waals surface area contributed by atoms with Crippen molar-refractivity contribution in [2.24, 2.45) is 11.3 Å². The molecular weight excluding hydrogens is 272 g/mol. The third-order valence-corrected chi connectivity index (χ3v) is 4.61. The highest BCUT2D eigenvalue weighted by molar-refractivity contribution is 5.94. The largest absolute Gasteiger partial charge is 0.338 e. The molecule has 0 N–H and O–H groups in total. The van der Waals surface area contributed by atoms with Crippen molar-refractivity contribution >= 4 is 5.91 Å². The number of hydrogen-bond acceptors (Lipinski definition) is 2. The smallest absolute Gasteiger partial charge is 0.253 e. The molecule has 3 nitrogen and oxygen atoms in total. The van der Waals surface area contributed by atoms with E-state index in [0.717, 1.165) is 31.6 Å². The summed E-state index contributed by atoms with van der Waals surface area (Å²) in [7, 11) is 4.10. The van der Waals surface area contributed by atoms with E-state index in [4.69, 9.17) is 0 Å². The molecule has 1 fully saturated rings. The molecule has 3 heteroatoms. The van der Waals surface area contributed by atoms with E-state index in [1.807, 2.05) is 37.2 Å². The van der Waals surface area contributed by atoms with Crippen molar-refractivity contribution in [2.45, 2.75) is 40.2 Å². The summed E-state index contributed by atoms with van der Waals surface area (Å²) in [5.74, 6) is 0.782. The Morgan fingerprint density at radius 3 is 2.68 bits per heavy atom. The van der Waals surface area contributed by atoms with Crippen molar-refractivity contribution in [3.63, 3.8) is 0 Å². The van der Waals surface area contributed by atoms with E-state index < -0.39 is 0 Å². The maximum atomic E-state index is 12.8. The van der Waals surface area contributed by atoms with Gasteiger partial charge in [0.1, 0.15) is 0 Å². The molecule has 0 radical (unpaired) electrons. The summed E-state index contributed by atoms with van der Waals surface area (Å²) in [4.78, 5) is 17.0. The van der Waals surface area contributed by atoms with Crippen LogP contribution in [0.5, 0.6) is 0 Å². The van der Waals surface area contributed by atoms with Gasteiger partial charge >= 0.3 is 0 Å². The van der Waals surface area contributed by atoms with Crippen molar-refractivity contribution in [1.82, 2.24) is 9.80 Å². The Balaban J connectivity index is 2.10. The van der Waals surface area contributed by atoms with Crippen LogP contribution in [0.15, 0.2) is 24.3 Å². The third kappa shape index (κ3) is 4.33. The van der Waals surface area contributed by atoms with Crippen LogP contribution in [-0.4, -0.2) is 42.9 Å². The predicted molar refractivity (Wildman–Crippen MR) is 91.9 cm³/mol. The molecule has 1 amide bonds. The van der Waals surface area contributed by atoms with Crippen LogP contribution in [0.4, 0.5) is 0 Å². The fourth-order valence-corrected chi connectivity index (χ4v) is 3.22. The van der Waals surface area contributed by atoms with E-state index in [1.165, 1.54) is 12.0 Å². The number of amides is 1. The number of carbonyl (C=O) groups excluding carboxylic acids is 1. The maximum absolute atomic E-state index is 12.8. The van der Waals surface area contributed by atoms with Crippen LogP contribution in [0.3, 0.4) is 0 Å². The minimum absolute atomic E-state index is 0.189. The Hall–Kier alpha value is -1.35. The van der Waals surface area contributed by atoms with E-state index >= 15 is 0 Å². The molecule has 2 rings (SSSR count). The normalized spacial score (nSPS) is 19.5. The summed E-state index contributed by atoms with van der Waals surface area (Å²) in [5.41, 5.74) is 2.29. The minimum Gasteiger partial charge on any atom is -0.338 e. The van der Waals surface area contributed by atoms with Gasteiger partial charge in [-0.25, -0.2) is 0 Å². The van der Waals surface area contributed by atoms with E-state index in [1.54, 1.807) is 0 Å². The first kappa shape index (κ1) is 17.0. The van der Waals surface area contributed by atoms with Crippen LogP contribution in [0.1, 0.15) is 49.5 Å². The Kier molecular flexibility index (Phi) is 5.28. The Morgan fingerprint density at radius 2 is 2.05 bits per heavy atom. The zero-order valence-corrected chi connectivity index (χ0v) is 14.7. The molecule has 1 saturated heterocycles. The highest BCUT2D eigenvalue weighted by Crippen LogP contribution is 2.33. The van der Waals surface area contributed by atoms with E-state index in [9.17, 15) is 4.79 Å². The zero-order chi connectivity index (χ0) is 16.3. The van der Waals surface area contributed by atoms with Gasteiger partial charge in [-0.3, -0.25) is 4.79 Å². The van der Waals surface area contributed by atoms with Gasteiger partial charge in [-0.05, 0) is 56.0 Å². The number of hydrogen-bond donors (Lipinski definition) is 0. The molecule has 22 heavy (non-hydrogen) atoms. The first-order valence-electron chi connectivity index (χ1n) is 8.30. The quantitative estimate of drug-likeness (QED) is 0.851. The topological polar surface area (TPSA) is 23.6 Å². The third-order valence-electron chi connectivity index (χ3n) is 4.61. The second-order valence-electron chi connectivity index (χ2n) is 7.89. The van der Waals surface area contributed by atoms with Gasteiger partial charge in [0.2, 0.25) is 0 Å². The summed E-state index contributed by atoms with van der Waals surface area (Å²) in [5, 5.41) is 0. The summed E-state index contributed by atoms with van der Waals surface area (Å²) in [6.07, 6.45) is 2.35. The van der Waals surface area contributed by atoms with Crippen LogP contribution in [-0.2, 0) is 6.54 Å². The van der Waals surface area contributed by atoms with Crippen LogP contribution in [0, 0.1) is 11.3 Å². The van der Waals surface area contributed by atoms with Crippen LogP contribution < -0.4 is 0 Å². The standard InChI is InChI=1S/C19H30N2O/c1-19(2,3)17-10-7-11-21(14-17)18(22)16-9-6-8-15(12-16)13-20(4)5/h6,8-9,12,17H,7,10-11,13-14H2,1-5H3/t17-/m1/s1. The summed E-state index contributed by atoms with van der Waals surface area (Å²) >= 11 is 0. The van der Waals surface area contributed by atoms with Gasteiger partial charge in [-0.15, -0.1) is 0 Å². The molecule has 0 spiro atoms. The lowest BCUT2D eigenvalue weighted by Gasteiger charge is -2.39. The number of likely N-dealkylation sites (tertiary alicyclic amines) is 1. The van der Waals surface area contributed by atoms with Gasteiger partial charge in [0, 0.05) is 25.2 Å². The summed E-state index contributed by atoms with van der Waals surface area (Å²) in [6, 6.07) is 8.08. The fraction of sp³-hybridized carbons (Fsp3) is 0.632. The number of piperidine rings is 1. The average Bonchev–Trinajstić information content (AvgIpc) is 2.45. The first-order chi connectivity index (χ1) is 10.3. The van der Waals surface area contributed by atoms with Crippen molar-refractivity contribution in [1.29, 1.82) is 0 Å². The van der Waals surface area contributed by atoms with Crippen molar-refractivity contribution < 1.29 is 4.79 Å². The lowest BCUT2D eigenvalue weighted by atomic mass is 9.76. The van der Waals surface area contributed by atoms with Gasteiger partial charge in [0.05, 0.1) is 0 Å². The monoisotopic (exact) mass is 302 g/mol. The van der Waals surface area contributed by atoms with Crippen LogP contribution in [0.25, 0.3) is 0 Å². The second kappa shape index (κ2) is 6.82. The second-order valence-corrected chi connectivity index (χ2v) is 7.89. The van der Waals surface area contributed by atoms with E-state index in [0.29, 0.717) is 5.92 Å². The maximum Gasteiger partial charge on any atom is 0.253 e. The Labute approximate surface area is 135 Å². The van der Waals surface area contributed by atoms with E-state index in [-0.39, 0.29) is 11.3 Å². The molecule has 0 aromatic heterocycles. The summed E-state index contributed by atoms with van der Waals surface area (Å²) in [6.45, 7) is 9.49. The van der Waals surface area contributed by atoms with Gasteiger partial charge in [-0.2, -0.15) is 0 Å². The van der Waals surface area contributed by atoms with Gasteiger partial charge < -0.3 is 9.80 Å². The Morgan fingerprint density at radius 1 is 1.32 bits per heavy atom. The van der Waals surface area contributed by atoms with E-state index in [2.05, 4.69) is 31.7 Å². The molecule has 122 valence electrons. The molecule has 1 heterocycles. The molecule has 0 unspecified atom stereocenters. The number of nitrogens with zero attached hydrogens (tertiary/aromatic N) is 2. The number of carbonyl (C=O) groups is 1. The molecule has 0 bridgehead atoms. The molecular formula is C19H30N2O.